The van der Waals surface area contributed by atoms with Gasteiger partial charge in [-0.15, -0.1) is 0 Å². The standard InChI is InChI=1S/C56H36N2O/c1-2-17-40-36-55-49(35-39(40)16-1)48-25-14-24-47(56(48)59-55)46-23-8-10-27-52(46)57(50-30-13-18-37-15-3-4-19-42(37)50)41-33-31-38(32-34-41)43-20-5-9-26-51(43)58-53-28-11-6-21-44(53)45-22-7-12-29-54(45)58/h1-36H. The van der Waals surface area contributed by atoms with E-state index in [1.165, 1.54) is 48.9 Å². The molecular weight excluding hydrogens is 717 g/mol. The van der Waals surface area contributed by atoms with Gasteiger partial charge in [0.25, 0.3) is 0 Å². The lowest BCUT2D eigenvalue weighted by Gasteiger charge is -2.29. The average Bonchev–Trinajstić information content (AvgIpc) is 3.84. The van der Waals surface area contributed by atoms with Gasteiger partial charge in [0.15, 0.2) is 0 Å². The van der Waals surface area contributed by atoms with Crippen molar-refractivity contribution < 1.29 is 4.42 Å². The van der Waals surface area contributed by atoms with Gasteiger partial charge in [-0.25, -0.2) is 0 Å². The molecule has 0 N–H and O–H groups in total. The van der Waals surface area contributed by atoms with Crippen molar-refractivity contribution in [3.05, 3.63) is 218 Å². The van der Waals surface area contributed by atoms with Crippen molar-refractivity contribution >= 4 is 82.4 Å². The van der Waals surface area contributed by atoms with Gasteiger partial charge in [0, 0.05) is 49.3 Å². The second-order valence-corrected chi connectivity index (χ2v) is 15.3. The predicted molar refractivity (Wildman–Crippen MR) is 249 cm³/mol. The fourth-order valence-corrected chi connectivity index (χ4v) is 9.29. The van der Waals surface area contributed by atoms with E-state index in [0.717, 1.165) is 61.4 Å². The first kappa shape index (κ1) is 33.3. The molecule has 0 amide bonds. The molecular formula is C56H36N2O. The molecule has 0 aliphatic rings. The number of fused-ring (bicyclic) bond motifs is 8. The van der Waals surface area contributed by atoms with E-state index >= 15 is 0 Å². The molecule has 3 nitrogen and oxygen atoms in total. The number of benzene rings is 10. The third-order valence-electron chi connectivity index (χ3n) is 12.0. The highest BCUT2D eigenvalue weighted by molar-refractivity contribution is 6.14. The normalized spacial score (nSPS) is 11.7. The van der Waals surface area contributed by atoms with Crippen LogP contribution >= 0.6 is 0 Å². The molecule has 2 heterocycles. The number of para-hydroxylation sites is 5. The lowest BCUT2D eigenvalue weighted by Crippen LogP contribution is -2.11. The third-order valence-corrected chi connectivity index (χ3v) is 12.0. The number of furan rings is 1. The monoisotopic (exact) mass is 752 g/mol. The Morgan fingerprint density at radius 1 is 0.356 bits per heavy atom. The molecule has 0 unspecified atom stereocenters. The highest BCUT2D eigenvalue weighted by atomic mass is 16.3. The Labute approximate surface area is 341 Å². The zero-order valence-electron chi connectivity index (χ0n) is 32.1. The van der Waals surface area contributed by atoms with Crippen LogP contribution in [0, 0.1) is 0 Å². The molecule has 2 aromatic heterocycles. The summed E-state index contributed by atoms with van der Waals surface area (Å²) >= 11 is 0. The first-order valence-electron chi connectivity index (χ1n) is 20.2. The van der Waals surface area contributed by atoms with Crippen LogP contribution in [0.1, 0.15) is 0 Å². The summed E-state index contributed by atoms with van der Waals surface area (Å²) in [6, 6.07) is 78.7. The number of rotatable bonds is 6. The van der Waals surface area contributed by atoms with Gasteiger partial charge in [0.2, 0.25) is 0 Å². The van der Waals surface area contributed by atoms with Gasteiger partial charge in [-0.2, -0.15) is 0 Å². The smallest absolute Gasteiger partial charge is 0.143 e. The molecule has 10 aromatic carbocycles. The van der Waals surface area contributed by atoms with Crippen LogP contribution < -0.4 is 4.90 Å². The summed E-state index contributed by atoms with van der Waals surface area (Å²) in [6.45, 7) is 0. The molecule has 3 heteroatoms. The number of aromatic nitrogens is 1. The van der Waals surface area contributed by atoms with Gasteiger partial charge < -0.3 is 13.9 Å². The predicted octanol–water partition coefficient (Wildman–Crippen LogP) is 15.8. The van der Waals surface area contributed by atoms with Crippen LogP contribution in [0.2, 0.25) is 0 Å². The number of nitrogens with zero attached hydrogens (tertiary/aromatic N) is 2. The van der Waals surface area contributed by atoms with Crippen molar-refractivity contribution in [3.8, 4) is 27.9 Å². The van der Waals surface area contributed by atoms with Crippen LogP contribution in [0.5, 0.6) is 0 Å². The zero-order chi connectivity index (χ0) is 38.9. The SMILES string of the molecule is c1ccc(N(c2ccc(-c3ccccc3-n3c4ccccc4c4ccccc43)cc2)c2cccc3ccccc23)c(-c2cccc3c2oc2cc4ccccc4cc23)c1. The Morgan fingerprint density at radius 3 is 1.68 bits per heavy atom. The van der Waals surface area contributed by atoms with Crippen LogP contribution in [0.15, 0.2) is 223 Å². The van der Waals surface area contributed by atoms with E-state index in [9.17, 15) is 0 Å². The lowest BCUT2D eigenvalue weighted by molar-refractivity contribution is 0.670. The van der Waals surface area contributed by atoms with Crippen molar-refractivity contribution in [1.82, 2.24) is 4.57 Å². The van der Waals surface area contributed by atoms with Crippen LogP contribution in [-0.4, -0.2) is 4.57 Å². The molecule has 0 spiro atoms. The number of anilines is 3. The van der Waals surface area contributed by atoms with Crippen molar-refractivity contribution in [2.24, 2.45) is 0 Å². The maximum absolute atomic E-state index is 6.80. The highest BCUT2D eigenvalue weighted by Crippen LogP contribution is 2.47. The molecule has 0 aliphatic heterocycles. The Morgan fingerprint density at radius 2 is 0.898 bits per heavy atom. The first-order chi connectivity index (χ1) is 29.3. The van der Waals surface area contributed by atoms with Crippen LogP contribution in [-0.2, 0) is 0 Å². The minimum Gasteiger partial charge on any atom is -0.455 e. The molecule has 0 bridgehead atoms. The Bertz CT molecular complexity index is 3510. The van der Waals surface area contributed by atoms with E-state index in [-0.39, 0.29) is 0 Å². The van der Waals surface area contributed by atoms with Crippen LogP contribution in [0.4, 0.5) is 17.1 Å². The summed E-state index contributed by atoms with van der Waals surface area (Å²) in [4.78, 5) is 2.41. The highest BCUT2D eigenvalue weighted by Gasteiger charge is 2.22. The summed E-state index contributed by atoms with van der Waals surface area (Å²) in [7, 11) is 0. The Hall–Kier alpha value is -7.88. The Kier molecular flexibility index (Phi) is 7.54. The van der Waals surface area contributed by atoms with Crippen molar-refractivity contribution in [3.63, 3.8) is 0 Å². The van der Waals surface area contributed by atoms with E-state index in [0.29, 0.717) is 0 Å². The Balaban J connectivity index is 1.04. The zero-order valence-corrected chi connectivity index (χ0v) is 32.1. The summed E-state index contributed by atoms with van der Waals surface area (Å²) in [6.07, 6.45) is 0. The average molecular weight is 753 g/mol. The van der Waals surface area contributed by atoms with Gasteiger partial charge in [-0.05, 0) is 76.3 Å². The minimum absolute atomic E-state index is 0.889. The summed E-state index contributed by atoms with van der Waals surface area (Å²) in [5.74, 6) is 0. The largest absolute Gasteiger partial charge is 0.455 e. The number of hydrogen-bond donors (Lipinski definition) is 0. The van der Waals surface area contributed by atoms with Crippen molar-refractivity contribution in [2.45, 2.75) is 0 Å². The van der Waals surface area contributed by atoms with E-state index in [2.05, 4.69) is 228 Å². The minimum atomic E-state index is 0.889. The first-order valence-corrected chi connectivity index (χ1v) is 20.2. The topological polar surface area (TPSA) is 21.3 Å². The van der Waals surface area contributed by atoms with E-state index in [4.69, 9.17) is 4.42 Å². The van der Waals surface area contributed by atoms with Crippen molar-refractivity contribution in [1.29, 1.82) is 0 Å². The van der Waals surface area contributed by atoms with Crippen LogP contribution in [0.25, 0.3) is 93.2 Å². The van der Waals surface area contributed by atoms with Crippen molar-refractivity contribution in [2.75, 3.05) is 4.90 Å². The summed E-state index contributed by atoms with van der Waals surface area (Å²) in [5.41, 5.74) is 13.0. The van der Waals surface area contributed by atoms with Gasteiger partial charge in [0.1, 0.15) is 11.2 Å². The van der Waals surface area contributed by atoms with E-state index in [1.807, 2.05) is 0 Å². The molecule has 0 saturated carbocycles. The summed E-state index contributed by atoms with van der Waals surface area (Å²) < 4.78 is 9.21. The van der Waals surface area contributed by atoms with E-state index in [1.54, 1.807) is 0 Å². The molecule has 0 radical (unpaired) electrons. The summed E-state index contributed by atoms with van der Waals surface area (Å²) in [5, 5.41) is 9.49. The van der Waals surface area contributed by atoms with E-state index < -0.39 is 0 Å². The molecule has 12 rings (SSSR count). The second kappa shape index (κ2) is 13.4. The van der Waals surface area contributed by atoms with Gasteiger partial charge in [-0.1, -0.05) is 164 Å². The molecule has 59 heavy (non-hydrogen) atoms. The maximum atomic E-state index is 6.80. The molecule has 0 aliphatic carbocycles. The lowest BCUT2D eigenvalue weighted by atomic mass is 9.97. The van der Waals surface area contributed by atoms with Gasteiger partial charge in [-0.3, -0.25) is 0 Å². The maximum Gasteiger partial charge on any atom is 0.143 e. The van der Waals surface area contributed by atoms with Gasteiger partial charge >= 0.3 is 0 Å². The molecule has 0 atom stereocenters. The molecule has 12 aromatic rings. The third kappa shape index (κ3) is 5.29. The molecule has 0 saturated heterocycles. The fraction of sp³-hybridized carbons (Fsp3) is 0. The number of hydrogen-bond acceptors (Lipinski definition) is 2. The quantitative estimate of drug-likeness (QED) is 0.169. The van der Waals surface area contributed by atoms with Crippen LogP contribution in [0.3, 0.4) is 0 Å². The molecule has 276 valence electrons. The van der Waals surface area contributed by atoms with Gasteiger partial charge in [0.05, 0.1) is 28.1 Å². The molecule has 0 fully saturated rings. The second-order valence-electron chi connectivity index (χ2n) is 15.3. The fourth-order valence-electron chi connectivity index (χ4n) is 9.29.